The average molecular weight is 1250 g/mol. The van der Waals surface area contributed by atoms with Gasteiger partial charge in [-0.05, 0) is 159 Å². The summed E-state index contributed by atoms with van der Waals surface area (Å²) in [5.41, 5.74) is 5.72. The van der Waals surface area contributed by atoms with Crippen molar-refractivity contribution in [3.8, 4) is 0 Å². The summed E-state index contributed by atoms with van der Waals surface area (Å²) in [6.45, 7) is 34.8. The summed E-state index contributed by atoms with van der Waals surface area (Å²) in [7, 11) is 2.06. The van der Waals surface area contributed by atoms with E-state index in [2.05, 4.69) is 171 Å². The number of nitrogens with zero attached hydrogens (tertiary/aromatic N) is 5. The van der Waals surface area contributed by atoms with Gasteiger partial charge in [0.05, 0.1) is 10.6 Å². The lowest BCUT2D eigenvalue weighted by molar-refractivity contribution is -0.137. The van der Waals surface area contributed by atoms with Gasteiger partial charge in [0.25, 0.3) is 0 Å². The van der Waals surface area contributed by atoms with Gasteiger partial charge in [-0.15, -0.1) is 0 Å². The van der Waals surface area contributed by atoms with E-state index in [-0.39, 0.29) is 10.6 Å². The predicted molar refractivity (Wildman–Crippen MR) is 362 cm³/mol. The van der Waals surface area contributed by atoms with Crippen LogP contribution in [0.2, 0.25) is 5.02 Å². The van der Waals surface area contributed by atoms with Gasteiger partial charge in [0.1, 0.15) is 0 Å². The van der Waals surface area contributed by atoms with Crippen molar-refractivity contribution in [2.45, 2.75) is 246 Å². The number of benzene rings is 2. The van der Waals surface area contributed by atoms with Crippen LogP contribution in [0.15, 0.2) is 95.4 Å². The van der Waals surface area contributed by atoms with Crippen molar-refractivity contribution in [2.75, 3.05) is 59.5 Å². The lowest BCUT2D eigenvalue weighted by Gasteiger charge is -2.60. The van der Waals surface area contributed by atoms with Crippen LogP contribution in [0.5, 0.6) is 0 Å². The number of alkyl halides is 3. The average Bonchev–Trinajstić information content (AvgIpc) is 2.64. The topological polar surface area (TPSA) is 107 Å². The van der Waals surface area contributed by atoms with E-state index in [0.717, 1.165) is 96.0 Å². The molecule has 12 nitrogen and oxygen atoms in total. The molecule has 494 valence electrons. The van der Waals surface area contributed by atoms with E-state index in [1.165, 1.54) is 73.2 Å². The summed E-state index contributed by atoms with van der Waals surface area (Å²) < 4.78 is 47.5. The van der Waals surface area contributed by atoms with E-state index in [1.807, 2.05) is 31.6 Å². The Labute approximate surface area is 536 Å². The predicted octanol–water partition coefficient (Wildman–Crippen LogP) is 13.8. The van der Waals surface area contributed by atoms with Crippen LogP contribution in [0.1, 0.15) is 182 Å². The number of halogens is 4. The highest BCUT2D eigenvalue weighted by Crippen LogP contribution is 2.43. The largest absolute Gasteiger partial charge is 0.417 e. The number of ether oxygens (including phenoxy) is 1. The molecule has 5 aliphatic rings. The van der Waals surface area contributed by atoms with Crippen molar-refractivity contribution in [2.24, 2.45) is 28.7 Å². The van der Waals surface area contributed by atoms with Crippen LogP contribution >= 0.6 is 11.6 Å². The van der Waals surface area contributed by atoms with E-state index < -0.39 is 18.0 Å². The first-order chi connectivity index (χ1) is 42.1. The van der Waals surface area contributed by atoms with Crippen molar-refractivity contribution >= 4 is 17.8 Å². The maximum Gasteiger partial charge on any atom is 0.417 e. The minimum Gasteiger partial charge on any atom is -0.370 e. The quantitative estimate of drug-likeness (QED) is 0.115. The summed E-state index contributed by atoms with van der Waals surface area (Å²) in [6, 6.07) is 16.0. The van der Waals surface area contributed by atoms with Crippen molar-refractivity contribution in [3.05, 3.63) is 118 Å². The Kier molecular flexibility index (Phi) is 28.2. The number of likely N-dealkylation sites (N-methyl/N-ethyl adjacent to an activating group) is 1. The molecular formula is C72H117ClF3N11O. The molecule has 3 heterocycles. The van der Waals surface area contributed by atoms with Crippen molar-refractivity contribution in [1.29, 1.82) is 0 Å². The Hall–Kier alpha value is -3.93. The van der Waals surface area contributed by atoms with Crippen LogP contribution in [-0.4, -0.2) is 145 Å². The van der Waals surface area contributed by atoms with Gasteiger partial charge in [-0.3, -0.25) is 9.89 Å². The number of hydrogen-bond acceptors (Lipinski definition) is 12. The third-order valence-electron chi connectivity index (χ3n) is 20.5. The molecule has 11 atom stereocenters. The molecule has 2 aromatic carbocycles. The molecule has 7 rings (SSSR count). The zero-order valence-corrected chi connectivity index (χ0v) is 57.2. The zero-order valence-electron chi connectivity index (χ0n) is 56.4. The van der Waals surface area contributed by atoms with E-state index in [1.54, 1.807) is 0 Å². The normalized spacial score (nSPS) is 29.0. The molecule has 2 saturated carbocycles. The highest BCUT2D eigenvalue weighted by molar-refractivity contribution is 6.31. The first kappa shape index (κ1) is 71.5. The van der Waals surface area contributed by atoms with Crippen LogP contribution in [0.25, 0.3) is 0 Å². The van der Waals surface area contributed by atoms with Gasteiger partial charge in [-0.25, -0.2) is 0 Å². The molecule has 4 unspecified atom stereocenters. The summed E-state index contributed by atoms with van der Waals surface area (Å²) in [4.78, 5) is 15.1. The molecule has 6 N–H and O–H groups in total. The molecule has 2 saturated heterocycles. The fraction of sp³-hybridized carbons (Fsp3) is 0.708. The number of rotatable bonds is 13. The molecule has 2 aromatic rings. The molecule has 2 aliphatic carbocycles. The Morgan fingerprint density at radius 2 is 1.56 bits per heavy atom. The Balaban J connectivity index is 1.21. The third-order valence-corrected chi connectivity index (χ3v) is 20.8. The van der Waals surface area contributed by atoms with Crippen LogP contribution in [-0.2, 0) is 23.8 Å². The van der Waals surface area contributed by atoms with E-state index in [0.29, 0.717) is 104 Å². The minimum absolute atomic E-state index is 0.0254. The smallest absolute Gasteiger partial charge is 0.370 e. The van der Waals surface area contributed by atoms with Gasteiger partial charge in [0.15, 0.2) is 6.23 Å². The fourth-order valence-electron chi connectivity index (χ4n) is 15.0. The lowest BCUT2D eigenvalue weighted by atomic mass is 9.75. The zero-order chi connectivity index (χ0) is 63.5. The highest BCUT2D eigenvalue weighted by atomic mass is 35.5. The SMILES string of the molecule is CCO[C@@H]1CNCC2(CCCC2)NC(C)[C@H](C2CCCC2)N2C(C)[C@@H](C)C2CNC(C)[C@H](CC(C)C)NC[C@H]([C@@H](C)CC)NC[C@H](C)N2CCCC2=CN(CC)C(Cc2ccc(C)cc2)=CN(C)C=CNC(CCc2ccc(C(F)(F)F)c(Cl)c2)=CC=N1. The van der Waals surface area contributed by atoms with Gasteiger partial charge >= 0.3 is 6.18 Å². The summed E-state index contributed by atoms with van der Waals surface area (Å²) >= 11 is 6.23. The molecule has 0 amide bonds. The van der Waals surface area contributed by atoms with Gasteiger partial charge in [-0.1, -0.05) is 114 Å². The first-order valence-electron chi connectivity index (χ1n) is 34.4. The number of aryl methyl sites for hydroxylation is 2. The molecule has 0 aromatic heterocycles. The monoisotopic (exact) mass is 1240 g/mol. The molecule has 3 aliphatic heterocycles. The van der Waals surface area contributed by atoms with Crippen LogP contribution in [0, 0.1) is 30.6 Å². The second kappa shape index (κ2) is 34.7. The second-order valence-electron chi connectivity index (χ2n) is 27.6. The van der Waals surface area contributed by atoms with Crippen LogP contribution in [0.4, 0.5) is 13.2 Å². The summed E-state index contributed by atoms with van der Waals surface area (Å²) in [6.07, 6.45) is 23.5. The molecule has 0 bridgehead atoms. The molecular weight excluding hydrogens is 1130 g/mol. The summed E-state index contributed by atoms with van der Waals surface area (Å²) in [5.74, 6) is 2.38. The molecule has 0 radical (unpaired) electrons. The Bertz CT molecular complexity index is 2560. The molecule has 1 spiro atoms. The van der Waals surface area contributed by atoms with Crippen molar-refractivity contribution in [3.63, 3.8) is 0 Å². The molecule has 4 fully saturated rings. The fourth-order valence-corrected chi connectivity index (χ4v) is 15.3. The van der Waals surface area contributed by atoms with Crippen molar-refractivity contribution in [1.82, 2.24) is 51.5 Å². The minimum atomic E-state index is -4.53. The van der Waals surface area contributed by atoms with E-state index >= 15 is 0 Å². The van der Waals surface area contributed by atoms with Gasteiger partial charge in [-0.2, -0.15) is 13.2 Å². The number of allylic oxidation sites excluding steroid dienone is 4. The number of aliphatic imine (C=N–C) groups is 1. The lowest BCUT2D eigenvalue weighted by Crippen LogP contribution is -2.73. The maximum atomic E-state index is 13.7. The van der Waals surface area contributed by atoms with Crippen LogP contribution in [0.3, 0.4) is 0 Å². The second-order valence-corrected chi connectivity index (χ2v) is 28.0. The van der Waals surface area contributed by atoms with Gasteiger partial charge in [0, 0.05) is 168 Å². The number of nitrogens with one attached hydrogen (secondary N) is 6. The van der Waals surface area contributed by atoms with Gasteiger partial charge in [0.2, 0.25) is 0 Å². The highest BCUT2D eigenvalue weighted by Gasteiger charge is 2.51. The third kappa shape index (κ3) is 20.5. The van der Waals surface area contributed by atoms with Gasteiger partial charge < -0.3 is 51.3 Å². The summed E-state index contributed by atoms with van der Waals surface area (Å²) in [5, 5.41) is 24.0. The Morgan fingerprint density at radius 3 is 2.23 bits per heavy atom. The van der Waals surface area contributed by atoms with Crippen LogP contribution < -0.4 is 31.9 Å². The first-order valence-corrected chi connectivity index (χ1v) is 34.8. The standard InChI is InChI=1S/C72H117ClF3N11O/c1-14-52(7)67-44-82-66(40-50(4)5)55(10)80-45-68-54(9)57(12)87(68)70(60-22-17-18-23-60)56(11)83-71(34-19-20-35-71)49-77-46-69(88-16-3)79-36-33-61(31-29-59-30-32-64(65(73)42-59)72(74,75)76)78-37-39-84(13)47-63(41-58-27-25-51(6)26-28-58)85(15-2)48-62-24-21-38-86(62)53(8)43-81-67/h25-28,30,32-33,36-37,39,42,47-48,50,52-57,60,66-70,77-78,80-83H,14-24,29,31,34-35,38,40-41,43-46,49H2,1-13H3/t52-,53-,54+,55?,56?,57?,66-,67+,68?,69+,70+/m0/s1. The molecule has 88 heavy (non-hydrogen) atoms. The van der Waals surface area contributed by atoms with Crippen molar-refractivity contribution < 1.29 is 17.9 Å². The Morgan fingerprint density at radius 1 is 0.830 bits per heavy atom. The maximum absolute atomic E-state index is 13.7. The van der Waals surface area contributed by atoms with E-state index in [9.17, 15) is 13.2 Å². The molecule has 16 heteroatoms. The van der Waals surface area contributed by atoms with E-state index in [4.69, 9.17) is 21.3 Å². The number of hydrogen-bond donors (Lipinski definition) is 6. The number of fused-ring (bicyclic) bond motifs is 2.